The van der Waals surface area contributed by atoms with Crippen molar-refractivity contribution >= 4 is 17.8 Å². The highest BCUT2D eigenvalue weighted by molar-refractivity contribution is 5.55. The Kier molecular flexibility index (Phi) is 3.01. The molecular formula is C14H18N2O. The molecule has 1 aliphatic heterocycles. The number of aromatic nitrogens is 1. The lowest BCUT2D eigenvalue weighted by Crippen LogP contribution is -2.39. The van der Waals surface area contributed by atoms with Crippen molar-refractivity contribution in [1.82, 2.24) is 4.98 Å². The van der Waals surface area contributed by atoms with Gasteiger partial charge in [-0.25, -0.2) is 0 Å². The Morgan fingerprint density at radius 1 is 1.18 bits per heavy atom. The van der Waals surface area contributed by atoms with E-state index in [1.165, 1.54) is 16.3 Å². The van der Waals surface area contributed by atoms with Gasteiger partial charge in [0.15, 0.2) is 0 Å². The van der Waals surface area contributed by atoms with Crippen LogP contribution in [0.2, 0.25) is 0 Å². The molecule has 2 aliphatic rings. The molecule has 1 aliphatic carbocycles. The molecule has 0 atom stereocenters. The van der Waals surface area contributed by atoms with Gasteiger partial charge in [-0.1, -0.05) is 24.3 Å². The molecule has 0 spiro atoms. The Bertz CT molecular complexity index is 521. The molecule has 2 heterocycles. The zero-order valence-electron chi connectivity index (χ0n) is 9.98. The zero-order chi connectivity index (χ0) is 11.5. The number of rotatable bonds is 1. The molecule has 0 saturated carbocycles. The second-order valence-corrected chi connectivity index (χ2v) is 4.48. The van der Waals surface area contributed by atoms with Gasteiger partial charge in [0.2, 0.25) is 0 Å². The summed E-state index contributed by atoms with van der Waals surface area (Å²) in [7, 11) is 0. The third-order valence-electron chi connectivity index (χ3n) is 3.36. The van der Waals surface area contributed by atoms with Gasteiger partial charge in [-0.15, -0.1) is 0 Å². The van der Waals surface area contributed by atoms with E-state index in [9.17, 15) is 0 Å². The van der Waals surface area contributed by atoms with E-state index in [-0.39, 0.29) is 0 Å². The van der Waals surface area contributed by atoms with Crippen LogP contribution >= 0.6 is 0 Å². The van der Waals surface area contributed by atoms with Gasteiger partial charge < -0.3 is 14.6 Å². The molecule has 90 valence electrons. The van der Waals surface area contributed by atoms with Crippen LogP contribution in [0.4, 0.5) is 5.69 Å². The molecule has 0 bridgehead atoms. The SMILES string of the molecule is C1=C\CC/C=c2/[nH]cc(N3CCOCC3)/c2=C/1. The van der Waals surface area contributed by atoms with Gasteiger partial charge in [-0.05, 0) is 12.8 Å². The van der Waals surface area contributed by atoms with Crippen LogP contribution in [0.15, 0.2) is 18.3 Å². The van der Waals surface area contributed by atoms with Crippen molar-refractivity contribution in [3.63, 3.8) is 0 Å². The van der Waals surface area contributed by atoms with Crippen molar-refractivity contribution < 1.29 is 4.74 Å². The van der Waals surface area contributed by atoms with E-state index >= 15 is 0 Å². The molecule has 3 heteroatoms. The standard InChI is InChI=1S/C14H18N2O/c1-2-4-6-13-12(5-3-1)14(11-15-13)16-7-9-17-10-8-16/h1,3,5-6,11,15H,2,4,7-10H2/b3-1-,12-5+,13-6+. The lowest BCUT2D eigenvalue weighted by atomic mass is 10.2. The lowest BCUT2D eigenvalue weighted by Gasteiger charge is -2.27. The number of morpholine rings is 1. The normalized spacial score (nSPS) is 25.8. The summed E-state index contributed by atoms with van der Waals surface area (Å²) in [4.78, 5) is 5.79. The highest BCUT2D eigenvalue weighted by atomic mass is 16.5. The highest BCUT2D eigenvalue weighted by Gasteiger charge is 2.13. The van der Waals surface area contributed by atoms with Crippen LogP contribution in [-0.2, 0) is 4.74 Å². The molecule has 0 radical (unpaired) electrons. The molecule has 1 fully saturated rings. The summed E-state index contributed by atoms with van der Waals surface area (Å²) in [5, 5.41) is 2.58. The van der Waals surface area contributed by atoms with E-state index in [1.54, 1.807) is 0 Å². The van der Waals surface area contributed by atoms with Gasteiger partial charge in [0.1, 0.15) is 0 Å². The van der Waals surface area contributed by atoms with E-state index in [0.717, 1.165) is 39.1 Å². The Labute approximate surface area is 101 Å². The summed E-state index contributed by atoms with van der Waals surface area (Å²) >= 11 is 0. The zero-order valence-corrected chi connectivity index (χ0v) is 9.98. The number of hydrogen-bond acceptors (Lipinski definition) is 2. The summed E-state index contributed by atoms with van der Waals surface area (Å²) in [6, 6.07) is 0. The quantitative estimate of drug-likeness (QED) is 0.771. The number of nitrogens with one attached hydrogen (secondary N) is 1. The average molecular weight is 230 g/mol. The van der Waals surface area contributed by atoms with Crippen molar-refractivity contribution in [3.05, 3.63) is 28.9 Å². The first-order valence-electron chi connectivity index (χ1n) is 6.32. The average Bonchev–Trinajstić information content (AvgIpc) is 2.72. The minimum Gasteiger partial charge on any atom is -0.378 e. The van der Waals surface area contributed by atoms with Crippen LogP contribution in [0.25, 0.3) is 12.2 Å². The van der Waals surface area contributed by atoms with Crippen LogP contribution < -0.4 is 15.5 Å². The van der Waals surface area contributed by atoms with E-state index < -0.39 is 0 Å². The van der Waals surface area contributed by atoms with Crippen LogP contribution in [0.5, 0.6) is 0 Å². The Balaban J connectivity index is 2.04. The second kappa shape index (κ2) is 4.80. The first-order chi connectivity index (χ1) is 8.45. The van der Waals surface area contributed by atoms with Gasteiger partial charge in [-0.3, -0.25) is 0 Å². The smallest absolute Gasteiger partial charge is 0.0642 e. The molecule has 0 unspecified atom stereocenters. The highest BCUT2D eigenvalue weighted by Crippen LogP contribution is 2.08. The summed E-state index contributed by atoms with van der Waals surface area (Å²) in [6.07, 6.45) is 13.3. The number of aromatic amines is 1. The van der Waals surface area contributed by atoms with E-state index in [2.05, 4.69) is 40.4 Å². The van der Waals surface area contributed by atoms with Crippen molar-refractivity contribution in [2.45, 2.75) is 12.8 Å². The second-order valence-electron chi connectivity index (χ2n) is 4.48. The van der Waals surface area contributed by atoms with Crippen LogP contribution in [0.3, 0.4) is 0 Å². The van der Waals surface area contributed by atoms with Gasteiger partial charge in [0.25, 0.3) is 0 Å². The van der Waals surface area contributed by atoms with Gasteiger partial charge >= 0.3 is 0 Å². The van der Waals surface area contributed by atoms with Crippen molar-refractivity contribution in [3.8, 4) is 0 Å². The van der Waals surface area contributed by atoms with E-state index in [1.807, 2.05) is 0 Å². The molecule has 17 heavy (non-hydrogen) atoms. The lowest BCUT2D eigenvalue weighted by molar-refractivity contribution is 0.122. The largest absolute Gasteiger partial charge is 0.378 e. The maximum atomic E-state index is 5.40. The summed E-state index contributed by atoms with van der Waals surface area (Å²) in [5.41, 5.74) is 1.31. The molecule has 0 aromatic carbocycles. The molecule has 1 aromatic heterocycles. The Hall–Kier alpha value is -1.48. The summed E-state index contributed by atoms with van der Waals surface area (Å²) in [5.74, 6) is 0. The summed E-state index contributed by atoms with van der Waals surface area (Å²) < 4.78 is 5.40. The van der Waals surface area contributed by atoms with Gasteiger partial charge in [0, 0.05) is 29.9 Å². The number of anilines is 1. The molecule has 1 aromatic rings. The number of fused-ring (bicyclic) bond motifs is 1. The first-order valence-corrected chi connectivity index (χ1v) is 6.32. The third-order valence-corrected chi connectivity index (χ3v) is 3.36. The number of allylic oxidation sites excluding steroid dienone is 2. The van der Waals surface area contributed by atoms with Crippen molar-refractivity contribution in [2.24, 2.45) is 0 Å². The summed E-state index contributed by atoms with van der Waals surface area (Å²) in [6.45, 7) is 3.64. The first kappa shape index (κ1) is 10.7. The number of ether oxygens (including phenoxy) is 1. The predicted molar refractivity (Wildman–Crippen MR) is 70.4 cm³/mol. The van der Waals surface area contributed by atoms with Gasteiger partial charge in [0.05, 0.1) is 18.9 Å². The van der Waals surface area contributed by atoms with E-state index in [0.29, 0.717) is 0 Å². The maximum absolute atomic E-state index is 5.40. The third kappa shape index (κ3) is 2.15. The molecule has 0 amide bonds. The minimum absolute atomic E-state index is 0.833. The molecule has 1 saturated heterocycles. The Morgan fingerprint density at radius 2 is 2.06 bits per heavy atom. The van der Waals surface area contributed by atoms with Crippen LogP contribution in [0.1, 0.15) is 12.8 Å². The van der Waals surface area contributed by atoms with Gasteiger partial charge in [-0.2, -0.15) is 0 Å². The van der Waals surface area contributed by atoms with Crippen LogP contribution in [-0.4, -0.2) is 31.3 Å². The maximum Gasteiger partial charge on any atom is 0.0642 e. The van der Waals surface area contributed by atoms with Crippen molar-refractivity contribution in [2.75, 3.05) is 31.2 Å². The van der Waals surface area contributed by atoms with Crippen LogP contribution in [0, 0.1) is 0 Å². The minimum atomic E-state index is 0.833. The van der Waals surface area contributed by atoms with E-state index in [4.69, 9.17) is 4.74 Å². The molecular weight excluding hydrogens is 212 g/mol. The fourth-order valence-electron chi connectivity index (χ4n) is 2.43. The predicted octanol–water partition coefficient (Wildman–Crippen LogP) is 0.762. The molecule has 3 rings (SSSR count). The number of nitrogens with zero attached hydrogens (tertiary/aromatic N) is 1. The topological polar surface area (TPSA) is 28.3 Å². The Morgan fingerprint density at radius 3 is 2.94 bits per heavy atom. The molecule has 1 N–H and O–H groups in total. The molecule has 3 nitrogen and oxygen atoms in total. The monoisotopic (exact) mass is 230 g/mol. The number of hydrogen-bond donors (Lipinski definition) is 1. The number of H-pyrrole nitrogens is 1. The fourth-order valence-corrected chi connectivity index (χ4v) is 2.43. The van der Waals surface area contributed by atoms with Crippen molar-refractivity contribution in [1.29, 1.82) is 0 Å². The fraction of sp³-hybridized carbons (Fsp3) is 0.429.